The quantitative estimate of drug-likeness (QED) is 0.548. The summed E-state index contributed by atoms with van der Waals surface area (Å²) in [6.07, 6.45) is 1.64. The third-order valence-electron chi connectivity index (χ3n) is 1.47. The standard InChI is InChI=1S/C9H18O3/c1-5-11-6-9(3)12-7-8(2)10-4/h5,8-9H,1,6-7H2,2-4H3. The molecule has 0 radical (unpaired) electrons. The molecule has 0 aromatic heterocycles. The van der Waals surface area contributed by atoms with E-state index in [2.05, 4.69) is 6.58 Å². The molecule has 3 heteroatoms. The van der Waals surface area contributed by atoms with E-state index < -0.39 is 0 Å². The first-order valence-corrected chi connectivity index (χ1v) is 4.07. The van der Waals surface area contributed by atoms with Gasteiger partial charge in [-0.15, -0.1) is 0 Å². The van der Waals surface area contributed by atoms with Gasteiger partial charge in [-0.1, -0.05) is 6.58 Å². The highest BCUT2D eigenvalue weighted by Crippen LogP contribution is 1.96. The summed E-state index contributed by atoms with van der Waals surface area (Å²) in [6, 6.07) is 0. The van der Waals surface area contributed by atoms with Crippen molar-refractivity contribution in [1.29, 1.82) is 0 Å². The van der Waals surface area contributed by atoms with Crippen LogP contribution in [0, 0.1) is 0 Å². The zero-order valence-electron chi connectivity index (χ0n) is 8.08. The van der Waals surface area contributed by atoms with Crippen LogP contribution in [-0.2, 0) is 14.2 Å². The molecule has 0 aromatic carbocycles. The predicted octanol–water partition coefficient (Wildman–Crippen LogP) is 1.59. The van der Waals surface area contributed by atoms with Crippen LogP contribution in [0.25, 0.3) is 0 Å². The lowest BCUT2D eigenvalue weighted by Gasteiger charge is -2.15. The molecule has 2 atom stereocenters. The Labute approximate surface area is 74.3 Å². The molecule has 0 rings (SSSR count). The first kappa shape index (κ1) is 11.5. The normalized spacial score (nSPS) is 15.2. The molecular weight excluding hydrogens is 156 g/mol. The summed E-state index contributed by atoms with van der Waals surface area (Å²) in [5.74, 6) is 0. The van der Waals surface area contributed by atoms with Gasteiger partial charge in [0, 0.05) is 7.11 Å². The van der Waals surface area contributed by atoms with E-state index in [4.69, 9.17) is 14.2 Å². The van der Waals surface area contributed by atoms with Crippen LogP contribution in [0.4, 0.5) is 0 Å². The second-order valence-corrected chi connectivity index (χ2v) is 2.69. The van der Waals surface area contributed by atoms with E-state index in [1.807, 2.05) is 13.8 Å². The highest BCUT2D eigenvalue weighted by atomic mass is 16.5. The van der Waals surface area contributed by atoms with Crippen LogP contribution in [0.15, 0.2) is 12.8 Å². The van der Waals surface area contributed by atoms with Gasteiger partial charge in [0.25, 0.3) is 0 Å². The highest BCUT2D eigenvalue weighted by molar-refractivity contribution is 4.55. The van der Waals surface area contributed by atoms with Gasteiger partial charge in [-0.2, -0.15) is 0 Å². The van der Waals surface area contributed by atoms with Crippen LogP contribution in [0.2, 0.25) is 0 Å². The van der Waals surface area contributed by atoms with Gasteiger partial charge in [-0.05, 0) is 13.8 Å². The molecule has 12 heavy (non-hydrogen) atoms. The molecule has 0 aliphatic heterocycles. The summed E-state index contributed by atoms with van der Waals surface area (Å²) in [7, 11) is 1.67. The maximum Gasteiger partial charge on any atom is 0.113 e. The number of rotatable bonds is 7. The summed E-state index contributed by atoms with van der Waals surface area (Å²) < 4.78 is 15.4. The van der Waals surface area contributed by atoms with Crippen LogP contribution in [0.1, 0.15) is 13.8 Å². The van der Waals surface area contributed by atoms with E-state index in [0.717, 1.165) is 0 Å². The fraction of sp³-hybridized carbons (Fsp3) is 0.778. The molecule has 0 saturated carbocycles. The number of methoxy groups -OCH3 is 1. The Balaban J connectivity index is 3.29. The lowest BCUT2D eigenvalue weighted by atomic mass is 10.4. The van der Waals surface area contributed by atoms with Gasteiger partial charge in [-0.25, -0.2) is 0 Å². The van der Waals surface area contributed by atoms with Gasteiger partial charge in [0.2, 0.25) is 0 Å². The van der Waals surface area contributed by atoms with Crippen molar-refractivity contribution >= 4 is 0 Å². The molecule has 0 heterocycles. The average molecular weight is 174 g/mol. The number of hydrogen-bond donors (Lipinski definition) is 0. The van der Waals surface area contributed by atoms with Crippen molar-refractivity contribution in [3.05, 3.63) is 12.8 Å². The summed E-state index contributed by atoms with van der Waals surface area (Å²) in [5.41, 5.74) is 0. The molecule has 0 bridgehead atoms. The van der Waals surface area contributed by atoms with Crippen molar-refractivity contribution in [3.63, 3.8) is 0 Å². The third kappa shape index (κ3) is 6.19. The second kappa shape index (κ2) is 7.13. The van der Waals surface area contributed by atoms with Crippen molar-refractivity contribution in [2.75, 3.05) is 20.3 Å². The van der Waals surface area contributed by atoms with Crippen molar-refractivity contribution in [2.24, 2.45) is 0 Å². The van der Waals surface area contributed by atoms with E-state index in [1.54, 1.807) is 7.11 Å². The molecule has 72 valence electrons. The predicted molar refractivity (Wildman–Crippen MR) is 48.0 cm³/mol. The van der Waals surface area contributed by atoms with Crippen molar-refractivity contribution in [2.45, 2.75) is 26.1 Å². The summed E-state index contributed by atoms with van der Waals surface area (Å²) >= 11 is 0. The average Bonchev–Trinajstić information content (AvgIpc) is 2.10. The van der Waals surface area contributed by atoms with Crippen LogP contribution >= 0.6 is 0 Å². The van der Waals surface area contributed by atoms with Crippen LogP contribution < -0.4 is 0 Å². The van der Waals surface area contributed by atoms with Gasteiger partial charge >= 0.3 is 0 Å². The van der Waals surface area contributed by atoms with Crippen molar-refractivity contribution in [3.8, 4) is 0 Å². The first-order valence-electron chi connectivity index (χ1n) is 4.07. The molecule has 2 unspecified atom stereocenters. The summed E-state index contributed by atoms with van der Waals surface area (Å²) in [6.45, 7) is 8.49. The molecule has 0 saturated heterocycles. The fourth-order valence-corrected chi connectivity index (χ4v) is 0.619. The van der Waals surface area contributed by atoms with Gasteiger partial charge in [0.15, 0.2) is 0 Å². The molecule has 3 nitrogen and oxygen atoms in total. The van der Waals surface area contributed by atoms with Crippen LogP contribution in [-0.4, -0.2) is 32.5 Å². The summed E-state index contributed by atoms with van der Waals surface area (Å²) in [4.78, 5) is 0. The van der Waals surface area contributed by atoms with E-state index in [9.17, 15) is 0 Å². The smallest absolute Gasteiger partial charge is 0.113 e. The Morgan fingerprint density at radius 2 is 1.92 bits per heavy atom. The molecule has 0 spiro atoms. The van der Waals surface area contributed by atoms with E-state index in [-0.39, 0.29) is 12.2 Å². The van der Waals surface area contributed by atoms with Gasteiger partial charge < -0.3 is 14.2 Å². The lowest BCUT2D eigenvalue weighted by Crippen LogP contribution is -2.21. The Morgan fingerprint density at radius 1 is 1.25 bits per heavy atom. The minimum atomic E-state index is 0.0839. The molecule has 0 aliphatic carbocycles. The third-order valence-corrected chi connectivity index (χ3v) is 1.47. The molecule has 0 fully saturated rings. The van der Waals surface area contributed by atoms with E-state index >= 15 is 0 Å². The van der Waals surface area contributed by atoms with Gasteiger partial charge in [0.1, 0.15) is 6.61 Å². The van der Waals surface area contributed by atoms with Crippen LogP contribution in [0.5, 0.6) is 0 Å². The molecule has 0 N–H and O–H groups in total. The Kier molecular flexibility index (Phi) is 6.81. The topological polar surface area (TPSA) is 27.7 Å². The Morgan fingerprint density at radius 3 is 2.42 bits per heavy atom. The van der Waals surface area contributed by atoms with Crippen molar-refractivity contribution < 1.29 is 14.2 Å². The fourth-order valence-electron chi connectivity index (χ4n) is 0.619. The molecule has 0 amide bonds. The minimum absolute atomic E-state index is 0.0839. The zero-order valence-corrected chi connectivity index (χ0v) is 8.08. The SMILES string of the molecule is C=COCC(C)OCC(C)OC. The monoisotopic (exact) mass is 174 g/mol. The molecule has 0 aliphatic rings. The van der Waals surface area contributed by atoms with Crippen molar-refractivity contribution in [1.82, 2.24) is 0 Å². The highest BCUT2D eigenvalue weighted by Gasteiger charge is 2.04. The molecule has 0 aromatic rings. The zero-order chi connectivity index (χ0) is 9.40. The second-order valence-electron chi connectivity index (χ2n) is 2.69. The summed E-state index contributed by atoms with van der Waals surface area (Å²) in [5, 5.41) is 0. The Hall–Kier alpha value is -0.540. The number of ether oxygens (including phenoxy) is 3. The maximum atomic E-state index is 5.40. The van der Waals surface area contributed by atoms with Gasteiger partial charge in [0.05, 0.1) is 25.1 Å². The van der Waals surface area contributed by atoms with E-state index in [1.165, 1.54) is 6.26 Å². The lowest BCUT2D eigenvalue weighted by molar-refractivity contribution is -0.0334. The van der Waals surface area contributed by atoms with E-state index in [0.29, 0.717) is 13.2 Å². The minimum Gasteiger partial charge on any atom is -0.499 e. The molecular formula is C9H18O3. The Bertz CT molecular complexity index is 114. The van der Waals surface area contributed by atoms with Crippen LogP contribution in [0.3, 0.4) is 0 Å². The largest absolute Gasteiger partial charge is 0.499 e. The first-order chi connectivity index (χ1) is 5.70. The number of hydrogen-bond acceptors (Lipinski definition) is 3. The maximum absolute atomic E-state index is 5.40. The van der Waals surface area contributed by atoms with Gasteiger partial charge in [-0.3, -0.25) is 0 Å².